The minimum atomic E-state index is -4.53. The third kappa shape index (κ3) is 4.95. The molecule has 0 saturated heterocycles. The Bertz CT molecular complexity index is 1560. The average molecular weight is 506 g/mol. The van der Waals surface area contributed by atoms with Gasteiger partial charge in [-0.2, -0.15) is 18.3 Å². The van der Waals surface area contributed by atoms with Crippen molar-refractivity contribution in [1.29, 1.82) is 0 Å². The number of hydrazone groups is 1. The molecule has 2 heterocycles. The van der Waals surface area contributed by atoms with Crippen LogP contribution in [0.1, 0.15) is 56.3 Å². The number of nitrogens with zero attached hydrogens (tertiary/aromatic N) is 2. The first kappa shape index (κ1) is 24.2. The molecule has 4 aromatic rings. The highest BCUT2D eigenvalue weighted by atomic mass is 19.4. The molecule has 0 fully saturated rings. The summed E-state index contributed by atoms with van der Waals surface area (Å²) in [7, 11) is 0. The van der Waals surface area contributed by atoms with Crippen molar-refractivity contribution in [2.75, 3.05) is 5.32 Å². The van der Waals surface area contributed by atoms with Gasteiger partial charge < -0.3 is 9.73 Å². The molecule has 7 nitrogen and oxygen atoms in total. The monoisotopic (exact) mass is 506 g/mol. The Hall–Kier alpha value is -4.47. The van der Waals surface area contributed by atoms with Gasteiger partial charge in [-0.05, 0) is 50.1 Å². The van der Waals surface area contributed by atoms with E-state index in [1.54, 1.807) is 19.1 Å². The Balaban J connectivity index is 1.36. The number of para-hydroxylation sites is 1. The molecule has 0 bridgehead atoms. The number of alkyl halides is 3. The van der Waals surface area contributed by atoms with Crippen molar-refractivity contribution in [3.63, 3.8) is 0 Å². The van der Waals surface area contributed by atoms with Crippen LogP contribution in [0.15, 0.2) is 70.2 Å². The topological polar surface area (TPSA) is 96.6 Å². The van der Waals surface area contributed by atoms with Crippen molar-refractivity contribution in [2.24, 2.45) is 5.10 Å². The van der Waals surface area contributed by atoms with Crippen LogP contribution in [0.25, 0.3) is 10.9 Å². The highest BCUT2D eigenvalue weighted by Crippen LogP contribution is 2.32. The van der Waals surface area contributed by atoms with Gasteiger partial charge in [0, 0.05) is 28.6 Å². The smallest absolute Gasteiger partial charge is 0.416 e. The summed E-state index contributed by atoms with van der Waals surface area (Å²) in [6.45, 7) is 1.68. The molecule has 37 heavy (non-hydrogen) atoms. The third-order valence-corrected chi connectivity index (χ3v) is 6.10. The third-order valence-electron chi connectivity index (χ3n) is 6.10. The van der Waals surface area contributed by atoms with E-state index in [0.29, 0.717) is 47.4 Å². The fourth-order valence-corrected chi connectivity index (χ4v) is 4.33. The molecule has 2 amide bonds. The summed E-state index contributed by atoms with van der Waals surface area (Å²) in [6.07, 6.45) is -2.73. The summed E-state index contributed by atoms with van der Waals surface area (Å²) in [5.74, 6) is -0.627. The van der Waals surface area contributed by atoms with Crippen LogP contribution in [0.2, 0.25) is 0 Å². The van der Waals surface area contributed by atoms with Crippen LogP contribution in [0.3, 0.4) is 0 Å². The van der Waals surface area contributed by atoms with E-state index >= 15 is 0 Å². The number of aromatic nitrogens is 1. The molecule has 5 rings (SSSR count). The molecule has 0 aliphatic heterocycles. The van der Waals surface area contributed by atoms with Crippen LogP contribution in [0.5, 0.6) is 0 Å². The van der Waals surface area contributed by atoms with Crippen LogP contribution in [-0.2, 0) is 12.6 Å². The van der Waals surface area contributed by atoms with E-state index in [4.69, 9.17) is 4.42 Å². The standard InChI is InChI=1S/C27H21F3N4O3/c1-15-23-20(33-34-25(35)21-13-12-16-6-2-3-9-19(16)32-21)10-5-11-22(23)37-24(15)26(36)31-18-8-4-7-17(14-18)27(28,29)30/h2-4,6-9,12-14H,5,10-11H2,1H3,(H,31,36)(H,34,35)/b33-20+. The lowest BCUT2D eigenvalue weighted by Crippen LogP contribution is -2.23. The number of carbonyl (C=O) groups is 2. The number of rotatable bonds is 4. The Morgan fingerprint density at radius 2 is 1.81 bits per heavy atom. The van der Waals surface area contributed by atoms with Crippen LogP contribution in [0, 0.1) is 6.92 Å². The van der Waals surface area contributed by atoms with Crippen molar-refractivity contribution < 1.29 is 27.2 Å². The van der Waals surface area contributed by atoms with Crippen molar-refractivity contribution in [2.45, 2.75) is 32.4 Å². The molecule has 2 aromatic carbocycles. The largest absolute Gasteiger partial charge is 0.455 e. The minimum absolute atomic E-state index is 0.00219. The van der Waals surface area contributed by atoms with Crippen molar-refractivity contribution in [3.8, 4) is 0 Å². The number of carbonyl (C=O) groups excluding carboxylic acids is 2. The molecule has 0 atom stereocenters. The molecule has 0 radical (unpaired) electrons. The lowest BCUT2D eigenvalue weighted by molar-refractivity contribution is -0.137. The zero-order valence-electron chi connectivity index (χ0n) is 19.6. The minimum Gasteiger partial charge on any atom is -0.455 e. The van der Waals surface area contributed by atoms with Gasteiger partial charge in [-0.25, -0.2) is 10.4 Å². The molecule has 1 aliphatic rings. The number of hydrogen-bond acceptors (Lipinski definition) is 5. The van der Waals surface area contributed by atoms with Crippen molar-refractivity contribution >= 4 is 34.1 Å². The molecule has 188 valence electrons. The summed E-state index contributed by atoms with van der Waals surface area (Å²) >= 11 is 0. The van der Waals surface area contributed by atoms with Crippen LogP contribution in [-0.4, -0.2) is 22.5 Å². The molecule has 0 unspecified atom stereocenters. The Kier molecular flexibility index (Phi) is 6.24. The molecule has 1 aliphatic carbocycles. The van der Waals surface area contributed by atoms with E-state index < -0.39 is 23.6 Å². The number of aryl methyl sites for hydroxylation is 1. The molecule has 10 heteroatoms. The lowest BCUT2D eigenvalue weighted by atomic mass is 9.93. The fraction of sp³-hybridized carbons (Fsp3) is 0.185. The normalized spacial score (nSPS) is 14.4. The first-order valence-corrected chi connectivity index (χ1v) is 11.5. The molecule has 2 N–H and O–H groups in total. The van der Waals surface area contributed by atoms with Gasteiger partial charge in [0.25, 0.3) is 11.8 Å². The van der Waals surface area contributed by atoms with Gasteiger partial charge >= 0.3 is 6.18 Å². The van der Waals surface area contributed by atoms with Gasteiger partial charge in [0.2, 0.25) is 0 Å². The van der Waals surface area contributed by atoms with Gasteiger partial charge in [0.15, 0.2) is 5.76 Å². The fourth-order valence-electron chi connectivity index (χ4n) is 4.33. The van der Waals surface area contributed by atoms with Gasteiger partial charge in [-0.15, -0.1) is 0 Å². The summed E-state index contributed by atoms with van der Waals surface area (Å²) in [5.41, 5.74) is 4.23. The number of amides is 2. The zero-order chi connectivity index (χ0) is 26.2. The SMILES string of the molecule is Cc1c(C(=O)Nc2cccc(C(F)(F)F)c2)oc2c1/C(=N/NC(=O)c1ccc3ccccc3n1)CCC2. The van der Waals surface area contributed by atoms with Crippen molar-refractivity contribution in [1.82, 2.24) is 10.4 Å². The molecular weight excluding hydrogens is 485 g/mol. The van der Waals surface area contributed by atoms with E-state index in [9.17, 15) is 22.8 Å². The number of furan rings is 1. The molecule has 2 aromatic heterocycles. The maximum absolute atomic E-state index is 13.0. The summed E-state index contributed by atoms with van der Waals surface area (Å²) in [6, 6.07) is 15.2. The summed E-state index contributed by atoms with van der Waals surface area (Å²) < 4.78 is 44.9. The Labute approximate surface area is 209 Å². The van der Waals surface area contributed by atoms with E-state index in [-0.39, 0.29) is 17.1 Å². The van der Waals surface area contributed by atoms with E-state index in [1.807, 2.05) is 24.3 Å². The van der Waals surface area contributed by atoms with Gasteiger partial charge in [0.1, 0.15) is 11.5 Å². The van der Waals surface area contributed by atoms with Gasteiger partial charge in [-0.1, -0.05) is 30.3 Å². The predicted molar refractivity (Wildman–Crippen MR) is 132 cm³/mol. The highest BCUT2D eigenvalue weighted by molar-refractivity contribution is 6.09. The summed E-state index contributed by atoms with van der Waals surface area (Å²) in [5, 5.41) is 7.68. The predicted octanol–water partition coefficient (Wildman–Crippen LogP) is 5.88. The number of nitrogens with one attached hydrogen (secondary N) is 2. The number of hydrogen-bond donors (Lipinski definition) is 2. The number of fused-ring (bicyclic) bond motifs is 2. The van der Waals surface area contributed by atoms with E-state index in [1.165, 1.54) is 12.1 Å². The molecule has 0 saturated carbocycles. The average Bonchev–Trinajstić information content (AvgIpc) is 3.23. The van der Waals surface area contributed by atoms with Crippen molar-refractivity contribution in [3.05, 3.63) is 94.6 Å². The highest BCUT2D eigenvalue weighted by Gasteiger charge is 2.31. The molecular formula is C27H21F3N4O3. The second-order valence-electron chi connectivity index (χ2n) is 8.63. The van der Waals surface area contributed by atoms with Crippen LogP contribution < -0.4 is 10.7 Å². The van der Waals surface area contributed by atoms with E-state index in [0.717, 1.165) is 17.5 Å². The quantitative estimate of drug-likeness (QED) is 0.338. The second-order valence-corrected chi connectivity index (χ2v) is 8.63. The molecule has 0 spiro atoms. The first-order valence-electron chi connectivity index (χ1n) is 11.5. The lowest BCUT2D eigenvalue weighted by Gasteiger charge is -2.13. The second kappa shape index (κ2) is 9.53. The van der Waals surface area contributed by atoms with E-state index in [2.05, 4.69) is 20.8 Å². The maximum Gasteiger partial charge on any atom is 0.416 e. The Morgan fingerprint density at radius 3 is 2.62 bits per heavy atom. The van der Waals surface area contributed by atoms with Crippen LogP contribution in [0.4, 0.5) is 18.9 Å². The number of halogens is 3. The number of benzene rings is 2. The van der Waals surface area contributed by atoms with Gasteiger partial charge in [0.05, 0.1) is 16.8 Å². The maximum atomic E-state index is 13.0. The summed E-state index contributed by atoms with van der Waals surface area (Å²) in [4.78, 5) is 29.9. The van der Waals surface area contributed by atoms with Gasteiger partial charge in [-0.3, -0.25) is 9.59 Å². The van der Waals surface area contributed by atoms with Crippen LogP contribution >= 0.6 is 0 Å². The number of pyridine rings is 1. The Morgan fingerprint density at radius 1 is 1.00 bits per heavy atom. The number of anilines is 1. The zero-order valence-corrected chi connectivity index (χ0v) is 19.6. The first-order chi connectivity index (χ1) is 17.7.